The lowest BCUT2D eigenvalue weighted by molar-refractivity contribution is -0.143. The van der Waals surface area contributed by atoms with E-state index in [4.69, 9.17) is 9.47 Å². The largest absolute Gasteiger partial charge is 0.474 e. The Hall–Kier alpha value is -4.34. The van der Waals surface area contributed by atoms with E-state index in [-0.39, 0.29) is 17.8 Å². The Balaban J connectivity index is 1.40. The molecule has 0 radical (unpaired) electrons. The van der Waals surface area contributed by atoms with E-state index in [1.165, 1.54) is 19.4 Å². The van der Waals surface area contributed by atoms with E-state index in [9.17, 15) is 4.79 Å². The van der Waals surface area contributed by atoms with E-state index < -0.39 is 11.2 Å². The summed E-state index contributed by atoms with van der Waals surface area (Å²) in [7, 11) is 3.14. The van der Waals surface area contributed by atoms with E-state index in [1.807, 2.05) is 38.1 Å². The van der Waals surface area contributed by atoms with Crippen LogP contribution in [-0.2, 0) is 22.0 Å². The summed E-state index contributed by atoms with van der Waals surface area (Å²) >= 11 is 0. The number of nitrogens with zero attached hydrogens (tertiary/aromatic N) is 5. The number of methoxy groups -OCH3 is 1. The molecule has 4 aromatic rings. The fourth-order valence-electron chi connectivity index (χ4n) is 4.29. The van der Waals surface area contributed by atoms with Crippen molar-refractivity contribution >= 4 is 17.6 Å². The first-order valence-electron chi connectivity index (χ1n) is 11.9. The van der Waals surface area contributed by atoms with E-state index >= 15 is 4.39 Å². The van der Waals surface area contributed by atoms with Crippen LogP contribution in [0.25, 0.3) is 22.4 Å². The maximum Gasteiger partial charge on any atom is 0.316 e. The topological polar surface area (TPSA) is 104 Å². The van der Waals surface area contributed by atoms with Crippen molar-refractivity contribution in [1.29, 1.82) is 0 Å². The highest BCUT2D eigenvalue weighted by molar-refractivity contribution is 5.87. The van der Waals surface area contributed by atoms with Crippen LogP contribution in [0.5, 0.6) is 5.88 Å². The van der Waals surface area contributed by atoms with E-state index in [0.29, 0.717) is 28.6 Å². The van der Waals surface area contributed by atoms with Crippen LogP contribution in [0.1, 0.15) is 32.3 Å². The number of halogens is 1. The van der Waals surface area contributed by atoms with Crippen molar-refractivity contribution in [2.24, 2.45) is 7.05 Å². The van der Waals surface area contributed by atoms with Crippen molar-refractivity contribution < 1.29 is 18.7 Å². The molecule has 1 fully saturated rings. The minimum Gasteiger partial charge on any atom is -0.474 e. The van der Waals surface area contributed by atoms with Gasteiger partial charge in [0.2, 0.25) is 5.88 Å². The number of esters is 1. The van der Waals surface area contributed by atoms with Gasteiger partial charge in [-0.05, 0) is 43.9 Å². The fourth-order valence-corrected chi connectivity index (χ4v) is 4.29. The van der Waals surface area contributed by atoms with Gasteiger partial charge in [-0.25, -0.2) is 4.39 Å². The third-order valence-electron chi connectivity index (χ3n) is 6.35. The van der Waals surface area contributed by atoms with Crippen LogP contribution in [0, 0.1) is 5.82 Å². The molecule has 3 aromatic heterocycles. The molecule has 37 heavy (non-hydrogen) atoms. The molecule has 0 spiro atoms. The first-order valence-corrected chi connectivity index (χ1v) is 11.9. The van der Waals surface area contributed by atoms with Gasteiger partial charge in [0.25, 0.3) is 0 Å². The number of anilines is 2. The molecule has 5 rings (SSSR count). The highest BCUT2D eigenvalue weighted by Crippen LogP contribution is 2.49. The number of hydrogen-bond donors (Lipinski definition) is 1. The van der Waals surface area contributed by atoms with Gasteiger partial charge in [-0.3, -0.25) is 19.4 Å². The van der Waals surface area contributed by atoms with Crippen molar-refractivity contribution in [2.45, 2.75) is 38.2 Å². The Morgan fingerprint density at radius 1 is 1.11 bits per heavy atom. The maximum absolute atomic E-state index is 15.4. The van der Waals surface area contributed by atoms with Crippen molar-refractivity contribution in [1.82, 2.24) is 24.7 Å². The molecule has 3 heterocycles. The van der Waals surface area contributed by atoms with E-state index in [2.05, 4.69) is 25.4 Å². The first-order chi connectivity index (χ1) is 17.8. The predicted molar refractivity (Wildman–Crippen MR) is 136 cm³/mol. The molecule has 190 valence electrons. The van der Waals surface area contributed by atoms with Crippen molar-refractivity contribution in [2.75, 3.05) is 12.4 Å². The summed E-state index contributed by atoms with van der Waals surface area (Å²) in [4.78, 5) is 25.1. The zero-order valence-electron chi connectivity index (χ0n) is 21.0. The van der Waals surface area contributed by atoms with Gasteiger partial charge >= 0.3 is 5.97 Å². The molecule has 0 saturated heterocycles. The minimum absolute atomic E-state index is 0.0486. The van der Waals surface area contributed by atoms with Crippen molar-refractivity contribution in [3.63, 3.8) is 0 Å². The number of rotatable bonds is 8. The van der Waals surface area contributed by atoms with Gasteiger partial charge in [0.1, 0.15) is 17.3 Å². The molecular formula is C27H27FN6O3. The number of benzene rings is 1. The number of pyridine rings is 1. The lowest BCUT2D eigenvalue weighted by Crippen LogP contribution is -2.21. The van der Waals surface area contributed by atoms with Gasteiger partial charge in [0.05, 0.1) is 42.8 Å². The number of aryl methyl sites for hydroxylation is 1. The maximum atomic E-state index is 15.4. The average molecular weight is 503 g/mol. The summed E-state index contributed by atoms with van der Waals surface area (Å²) in [5.74, 6) is 0.609. The molecule has 1 saturated carbocycles. The van der Waals surface area contributed by atoms with Gasteiger partial charge < -0.3 is 14.8 Å². The SMILES string of the molecule is COC(=O)C1(c2ccc(-c3cnc(-c4cnn(C)c4Nc4cncc(OC(C)C)n4)c(F)c3)cc2)CC1. The second-order valence-electron chi connectivity index (χ2n) is 9.27. The van der Waals surface area contributed by atoms with Crippen LogP contribution in [0.3, 0.4) is 0 Å². The zero-order valence-corrected chi connectivity index (χ0v) is 21.0. The predicted octanol–water partition coefficient (Wildman–Crippen LogP) is 4.81. The van der Waals surface area contributed by atoms with E-state index in [0.717, 1.165) is 24.0 Å². The quantitative estimate of drug-likeness (QED) is 0.342. The van der Waals surface area contributed by atoms with Crippen LogP contribution in [0.2, 0.25) is 0 Å². The summed E-state index contributed by atoms with van der Waals surface area (Å²) in [6, 6.07) is 8.98. The number of nitrogens with one attached hydrogen (secondary N) is 1. The first kappa shape index (κ1) is 24.4. The smallest absolute Gasteiger partial charge is 0.316 e. The molecule has 0 unspecified atom stereocenters. The molecule has 0 amide bonds. The number of carbonyl (C=O) groups excluding carboxylic acids is 1. The third-order valence-corrected chi connectivity index (χ3v) is 6.35. The summed E-state index contributed by atoms with van der Waals surface area (Å²) in [5, 5.41) is 7.42. The number of carbonyl (C=O) groups is 1. The second kappa shape index (κ2) is 9.61. The number of aromatic nitrogens is 5. The molecule has 10 heteroatoms. The molecule has 0 atom stereocenters. The third kappa shape index (κ3) is 4.74. The molecule has 0 bridgehead atoms. The van der Waals surface area contributed by atoms with Gasteiger partial charge in [0.15, 0.2) is 5.82 Å². The molecule has 1 aromatic carbocycles. The van der Waals surface area contributed by atoms with Gasteiger partial charge in [-0.2, -0.15) is 10.1 Å². The Bertz CT molecular complexity index is 1450. The summed E-state index contributed by atoms with van der Waals surface area (Å²) in [6.45, 7) is 3.80. The van der Waals surface area contributed by atoms with Crippen molar-refractivity contribution in [3.05, 3.63) is 66.5 Å². The summed E-state index contributed by atoms with van der Waals surface area (Å²) in [6.07, 6.45) is 7.74. The molecule has 1 aliphatic carbocycles. The van der Waals surface area contributed by atoms with Crippen molar-refractivity contribution in [3.8, 4) is 28.3 Å². The molecule has 9 nitrogen and oxygen atoms in total. The Kier molecular flexibility index (Phi) is 6.32. The van der Waals surface area contributed by atoms with Crippen LogP contribution in [0.4, 0.5) is 16.0 Å². The van der Waals surface area contributed by atoms with Crippen LogP contribution in [0.15, 0.2) is 55.1 Å². The standard InChI is InChI=1S/C27H27FN6O3/c1-16(2)37-23-15-29-14-22(32-23)33-25-20(13-31-34(25)3)24-21(28)11-18(12-30-24)17-5-7-19(8-6-17)27(9-10-27)26(35)36-4/h5-8,11-16H,9-10H2,1-4H3,(H,32,33). The highest BCUT2D eigenvalue weighted by atomic mass is 19.1. The van der Waals surface area contributed by atoms with Crippen LogP contribution >= 0.6 is 0 Å². The Morgan fingerprint density at radius 3 is 2.51 bits per heavy atom. The average Bonchev–Trinajstić information content (AvgIpc) is 3.63. The normalized spacial score (nSPS) is 13.9. The number of hydrogen-bond acceptors (Lipinski definition) is 8. The fraction of sp³-hybridized carbons (Fsp3) is 0.296. The van der Waals surface area contributed by atoms with E-state index in [1.54, 1.807) is 30.3 Å². The molecule has 1 aliphatic rings. The highest BCUT2D eigenvalue weighted by Gasteiger charge is 2.52. The zero-order chi connectivity index (χ0) is 26.2. The Labute approximate surface area is 213 Å². The summed E-state index contributed by atoms with van der Waals surface area (Å²) < 4.78 is 27.5. The van der Waals surface area contributed by atoms with Gasteiger partial charge in [-0.15, -0.1) is 0 Å². The lowest BCUT2D eigenvalue weighted by atomic mass is 9.94. The molecule has 1 N–H and O–H groups in total. The lowest BCUT2D eigenvalue weighted by Gasteiger charge is -2.14. The Morgan fingerprint density at radius 2 is 1.86 bits per heavy atom. The van der Waals surface area contributed by atoms with Crippen LogP contribution in [-0.4, -0.2) is 43.9 Å². The minimum atomic E-state index is -0.546. The summed E-state index contributed by atoms with van der Waals surface area (Å²) in [5.41, 5.74) is 2.41. The number of ether oxygens (including phenoxy) is 2. The second-order valence-corrected chi connectivity index (χ2v) is 9.27. The molecule has 0 aliphatic heterocycles. The monoisotopic (exact) mass is 502 g/mol. The molecular weight excluding hydrogens is 475 g/mol. The van der Waals surface area contributed by atoms with Crippen LogP contribution < -0.4 is 10.1 Å². The van der Waals surface area contributed by atoms with Gasteiger partial charge in [-0.1, -0.05) is 24.3 Å². The van der Waals surface area contributed by atoms with Gasteiger partial charge in [0, 0.05) is 18.8 Å².